The Hall–Kier alpha value is -5.35. The highest BCUT2D eigenvalue weighted by Crippen LogP contribution is 2.45. The summed E-state index contributed by atoms with van der Waals surface area (Å²) in [5.41, 5.74) is 7.30. The third kappa shape index (κ3) is 3.42. The number of para-hydroxylation sites is 2. The lowest BCUT2D eigenvalue weighted by Crippen LogP contribution is -2.10. The van der Waals surface area contributed by atoms with E-state index in [1.54, 1.807) is 0 Å². The van der Waals surface area contributed by atoms with Gasteiger partial charge in [0.15, 0.2) is 5.58 Å². The molecule has 8 aromatic rings. The van der Waals surface area contributed by atoms with Crippen molar-refractivity contribution in [3.8, 4) is 11.5 Å². The maximum atomic E-state index is 6.43. The minimum absolute atomic E-state index is 0.579. The van der Waals surface area contributed by atoms with Crippen molar-refractivity contribution in [2.75, 3.05) is 4.90 Å². The van der Waals surface area contributed by atoms with Crippen LogP contribution in [0.15, 0.2) is 142 Å². The predicted molar refractivity (Wildman–Crippen MR) is 159 cm³/mol. The number of nitrogens with zero attached hydrogens (tertiary/aromatic N) is 2. The van der Waals surface area contributed by atoms with E-state index >= 15 is 0 Å². The van der Waals surface area contributed by atoms with E-state index in [-0.39, 0.29) is 0 Å². The van der Waals surface area contributed by atoms with Crippen molar-refractivity contribution in [2.45, 2.75) is 0 Å². The molecule has 0 saturated carbocycles. The molecule has 0 aliphatic heterocycles. The molecule has 39 heavy (non-hydrogen) atoms. The first-order chi connectivity index (χ1) is 19.3. The molecule has 4 nitrogen and oxygen atoms in total. The Balaban J connectivity index is 1.43. The average Bonchev–Trinajstić information content (AvgIpc) is 3.61. The van der Waals surface area contributed by atoms with Crippen molar-refractivity contribution in [3.05, 3.63) is 133 Å². The summed E-state index contributed by atoms with van der Waals surface area (Å²) >= 11 is 0. The third-order valence-corrected chi connectivity index (χ3v) is 7.28. The van der Waals surface area contributed by atoms with Gasteiger partial charge in [-0.25, -0.2) is 4.98 Å². The quantitative estimate of drug-likeness (QED) is 0.240. The maximum Gasteiger partial charge on any atom is 0.228 e. The summed E-state index contributed by atoms with van der Waals surface area (Å²) in [5.74, 6) is 0.579. The molecule has 0 bridgehead atoms. The zero-order chi connectivity index (χ0) is 25.8. The van der Waals surface area contributed by atoms with Crippen LogP contribution < -0.4 is 4.90 Å². The van der Waals surface area contributed by atoms with Gasteiger partial charge in [0.25, 0.3) is 0 Å². The largest absolute Gasteiger partial charge is 0.456 e. The van der Waals surface area contributed by atoms with Crippen LogP contribution in [0.3, 0.4) is 0 Å². The lowest BCUT2D eigenvalue weighted by molar-refractivity contribution is 0.620. The van der Waals surface area contributed by atoms with Crippen LogP contribution >= 0.6 is 0 Å². The second-order valence-corrected chi connectivity index (χ2v) is 9.59. The molecule has 2 heterocycles. The number of oxazole rings is 1. The topological polar surface area (TPSA) is 42.4 Å². The van der Waals surface area contributed by atoms with Crippen LogP contribution in [0.2, 0.25) is 0 Å². The molecule has 8 rings (SSSR count). The fraction of sp³-hybridized carbons (Fsp3) is 0. The Morgan fingerprint density at radius 2 is 1.15 bits per heavy atom. The highest BCUT2D eigenvalue weighted by Gasteiger charge is 2.23. The lowest BCUT2D eigenvalue weighted by atomic mass is 10.0. The fourth-order valence-corrected chi connectivity index (χ4v) is 5.57. The number of anilines is 3. The van der Waals surface area contributed by atoms with Gasteiger partial charge in [0.05, 0.1) is 11.1 Å². The van der Waals surface area contributed by atoms with Crippen LogP contribution in [-0.2, 0) is 0 Å². The van der Waals surface area contributed by atoms with Crippen molar-refractivity contribution in [2.24, 2.45) is 0 Å². The van der Waals surface area contributed by atoms with Gasteiger partial charge in [0.2, 0.25) is 5.89 Å². The molecule has 0 aliphatic carbocycles. The van der Waals surface area contributed by atoms with Gasteiger partial charge in [-0.1, -0.05) is 78.9 Å². The molecule has 0 amide bonds. The zero-order valence-corrected chi connectivity index (χ0v) is 20.9. The Labute approximate surface area is 224 Å². The van der Waals surface area contributed by atoms with E-state index < -0.39 is 0 Å². The van der Waals surface area contributed by atoms with Gasteiger partial charge >= 0.3 is 0 Å². The predicted octanol–water partition coefficient (Wildman–Crippen LogP) is 10.0. The summed E-state index contributed by atoms with van der Waals surface area (Å²) in [5, 5.41) is 4.22. The van der Waals surface area contributed by atoms with E-state index in [9.17, 15) is 0 Å². The molecule has 0 aliphatic rings. The van der Waals surface area contributed by atoms with E-state index in [1.165, 1.54) is 0 Å². The first-order valence-corrected chi connectivity index (χ1v) is 13.0. The Morgan fingerprint density at radius 3 is 1.92 bits per heavy atom. The molecular formula is C35H22N2O2. The summed E-state index contributed by atoms with van der Waals surface area (Å²) in [6, 6.07) is 45.5. The average molecular weight is 503 g/mol. The number of aromatic nitrogens is 1. The molecule has 0 fully saturated rings. The normalized spacial score (nSPS) is 11.6. The molecular weight excluding hydrogens is 480 g/mol. The van der Waals surface area contributed by atoms with Gasteiger partial charge < -0.3 is 13.7 Å². The maximum absolute atomic E-state index is 6.43. The fourth-order valence-electron chi connectivity index (χ4n) is 5.57. The van der Waals surface area contributed by atoms with Crippen LogP contribution in [-0.4, -0.2) is 4.98 Å². The summed E-state index contributed by atoms with van der Waals surface area (Å²) < 4.78 is 12.8. The highest BCUT2D eigenvalue weighted by molar-refractivity contribution is 6.18. The lowest BCUT2D eigenvalue weighted by Gasteiger charge is -2.26. The van der Waals surface area contributed by atoms with Gasteiger partial charge in [-0.15, -0.1) is 0 Å². The van der Waals surface area contributed by atoms with Crippen LogP contribution in [0.25, 0.3) is 55.3 Å². The van der Waals surface area contributed by atoms with Gasteiger partial charge in [0, 0.05) is 27.7 Å². The van der Waals surface area contributed by atoms with Gasteiger partial charge in [-0.05, 0) is 60.0 Å². The molecule has 0 N–H and O–H groups in total. The van der Waals surface area contributed by atoms with Crippen LogP contribution in [0.4, 0.5) is 17.1 Å². The molecule has 6 aromatic carbocycles. The van der Waals surface area contributed by atoms with E-state index in [4.69, 9.17) is 13.8 Å². The van der Waals surface area contributed by atoms with Crippen LogP contribution in [0, 0.1) is 0 Å². The second-order valence-electron chi connectivity index (χ2n) is 9.59. The summed E-state index contributed by atoms with van der Waals surface area (Å²) in [7, 11) is 0. The Bertz CT molecular complexity index is 2090. The smallest absolute Gasteiger partial charge is 0.228 e. The van der Waals surface area contributed by atoms with Crippen LogP contribution in [0.1, 0.15) is 0 Å². The third-order valence-electron chi connectivity index (χ3n) is 7.28. The first-order valence-electron chi connectivity index (χ1n) is 13.0. The zero-order valence-electron chi connectivity index (χ0n) is 20.9. The number of benzene rings is 6. The highest BCUT2D eigenvalue weighted by atomic mass is 16.3. The molecule has 0 atom stereocenters. The number of rotatable bonds is 4. The van der Waals surface area contributed by atoms with Crippen LogP contribution in [0.5, 0.6) is 0 Å². The SMILES string of the molecule is c1ccc(N(c2ccccc2)c2cccc3oc4cccc(-c5nc6c(ccc7ccccc76)o5)c4c23)cc1. The summed E-state index contributed by atoms with van der Waals surface area (Å²) in [6.45, 7) is 0. The second kappa shape index (κ2) is 8.61. The Morgan fingerprint density at radius 1 is 0.487 bits per heavy atom. The van der Waals surface area contributed by atoms with E-state index in [0.29, 0.717) is 5.89 Å². The Kier molecular flexibility index (Phi) is 4.79. The molecule has 2 aromatic heterocycles. The van der Waals surface area contributed by atoms with Gasteiger partial charge in [-0.2, -0.15) is 0 Å². The number of fused-ring (bicyclic) bond motifs is 6. The van der Waals surface area contributed by atoms with Crippen molar-refractivity contribution in [1.29, 1.82) is 0 Å². The van der Waals surface area contributed by atoms with E-state index in [0.717, 1.165) is 66.4 Å². The monoisotopic (exact) mass is 502 g/mol. The molecule has 0 unspecified atom stereocenters. The standard InChI is InChI=1S/C35H22N2O2/c1-3-12-24(13-4-1)37(25-14-5-2-6-15-25)28-18-10-20-30-33(28)32-27(17-9-19-29(32)38-30)35-36-34-26-16-8-7-11-23(26)21-22-31(34)39-35/h1-22H. The van der Waals surface area contributed by atoms with Gasteiger partial charge in [0.1, 0.15) is 16.7 Å². The number of furan rings is 1. The minimum Gasteiger partial charge on any atom is -0.456 e. The first kappa shape index (κ1) is 21.7. The van der Waals surface area contributed by atoms with Crippen molar-refractivity contribution < 1.29 is 8.83 Å². The molecule has 0 radical (unpaired) electrons. The van der Waals surface area contributed by atoms with E-state index in [1.807, 2.05) is 54.6 Å². The number of hydrogen-bond acceptors (Lipinski definition) is 4. The molecule has 0 spiro atoms. The summed E-state index contributed by atoms with van der Waals surface area (Å²) in [4.78, 5) is 7.29. The van der Waals surface area contributed by atoms with Crippen molar-refractivity contribution >= 4 is 60.9 Å². The molecule has 4 heteroatoms. The molecule has 184 valence electrons. The van der Waals surface area contributed by atoms with E-state index in [2.05, 4.69) is 83.8 Å². The minimum atomic E-state index is 0.579. The van der Waals surface area contributed by atoms with Crippen molar-refractivity contribution in [1.82, 2.24) is 4.98 Å². The van der Waals surface area contributed by atoms with Crippen molar-refractivity contribution in [3.63, 3.8) is 0 Å². The summed E-state index contributed by atoms with van der Waals surface area (Å²) in [6.07, 6.45) is 0. The number of hydrogen-bond donors (Lipinski definition) is 0. The molecule has 0 saturated heterocycles. The van der Waals surface area contributed by atoms with Gasteiger partial charge in [-0.3, -0.25) is 0 Å².